The van der Waals surface area contributed by atoms with E-state index in [-0.39, 0.29) is 18.9 Å². The Labute approximate surface area is 253 Å². The highest BCUT2D eigenvalue weighted by Crippen LogP contribution is 2.27. The number of rotatable bonds is 13. The lowest BCUT2D eigenvalue weighted by molar-refractivity contribution is -0.140. The summed E-state index contributed by atoms with van der Waals surface area (Å²) in [6, 6.07) is 18.8. The van der Waals surface area contributed by atoms with Crippen LogP contribution in [-0.2, 0) is 32.6 Å². The summed E-state index contributed by atoms with van der Waals surface area (Å²) in [5.74, 6) is -0.855. The third kappa shape index (κ3) is 9.21. The molecule has 0 saturated heterocycles. The van der Waals surface area contributed by atoms with Crippen molar-refractivity contribution in [3.8, 4) is 0 Å². The van der Waals surface area contributed by atoms with E-state index in [1.165, 1.54) is 4.90 Å². The Kier molecular flexibility index (Phi) is 11.6. The van der Waals surface area contributed by atoms with E-state index in [0.29, 0.717) is 33.4 Å². The molecular formula is C31H37Cl2N3O4S. The van der Waals surface area contributed by atoms with Crippen LogP contribution < -0.4 is 9.62 Å². The summed E-state index contributed by atoms with van der Waals surface area (Å²) in [6.07, 6.45) is 2.98. The number of carbonyl (C=O) groups excluding carboxylic acids is 2. The molecule has 2 amide bonds. The maximum absolute atomic E-state index is 14.2. The molecule has 3 rings (SSSR count). The molecule has 0 heterocycles. The molecule has 0 fully saturated rings. The van der Waals surface area contributed by atoms with E-state index in [4.69, 9.17) is 23.2 Å². The quantitative estimate of drug-likeness (QED) is 0.241. The molecule has 0 unspecified atom stereocenters. The number of aryl methyl sites for hydroxylation is 2. The van der Waals surface area contributed by atoms with E-state index in [1.807, 2.05) is 50.2 Å². The van der Waals surface area contributed by atoms with Gasteiger partial charge >= 0.3 is 0 Å². The van der Waals surface area contributed by atoms with E-state index in [0.717, 1.165) is 34.5 Å². The Morgan fingerprint density at radius 2 is 1.68 bits per heavy atom. The number of hydrogen-bond acceptors (Lipinski definition) is 4. The predicted octanol–water partition coefficient (Wildman–Crippen LogP) is 5.93. The molecule has 0 saturated carbocycles. The molecule has 0 bridgehead atoms. The van der Waals surface area contributed by atoms with Crippen LogP contribution in [0.25, 0.3) is 0 Å². The van der Waals surface area contributed by atoms with Crippen LogP contribution >= 0.6 is 23.2 Å². The van der Waals surface area contributed by atoms with Crippen molar-refractivity contribution in [1.29, 1.82) is 0 Å². The van der Waals surface area contributed by atoms with Crippen LogP contribution in [0.4, 0.5) is 5.69 Å². The first-order chi connectivity index (χ1) is 19.4. The summed E-state index contributed by atoms with van der Waals surface area (Å²) in [5, 5.41) is 3.74. The highest BCUT2D eigenvalue weighted by molar-refractivity contribution is 7.92. The number of anilines is 1. The second-order valence-corrected chi connectivity index (χ2v) is 12.9. The van der Waals surface area contributed by atoms with E-state index in [1.54, 1.807) is 37.3 Å². The second-order valence-electron chi connectivity index (χ2n) is 10.2. The number of nitrogens with zero attached hydrogens (tertiary/aromatic N) is 2. The van der Waals surface area contributed by atoms with Gasteiger partial charge in [-0.25, -0.2) is 8.42 Å². The number of amides is 2. The molecule has 0 aliphatic heterocycles. The van der Waals surface area contributed by atoms with Gasteiger partial charge in [0.2, 0.25) is 21.8 Å². The van der Waals surface area contributed by atoms with Gasteiger partial charge in [-0.05, 0) is 55.2 Å². The maximum atomic E-state index is 14.2. The summed E-state index contributed by atoms with van der Waals surface area (Å²) in [6.45, 7) is 5.70. The van der Waals surface area contributed by atoms with Gasteiger partial charge in [0, 0.05) is 29.6 Å². The van der Waals surface area contributed by atoms with Crippen molar-refractivity contribution in [2.24, 2.45) is 0 Å². The minimum absolute atomic E-state index is 0.0159. The topological polar surface area (TPSA) is 86.8 Å². The smallest absolute Gasteiger partial charge is 0.244 e. The summed E-state index contributed by atoms with van der Waals surface area (Å²) >= 11 is 12.6. The molecular weight excluding hydrogens is 581 g/mol. The lowest BCUT2D eigenvalue weighted by Crippen LogP contribution is -2.53. The minimum atomic E-state index is -3.85. The molecule has 0 spiro atoms. The number of nitrogens with one attached hydrogen (secondary N) is 1. The third-order valence-corrected chi connectivity index (χ3v) is 8.47. The molecule has 1 N–H and O–H groups in total. The SMILES string of the molecule is CCCCNC(=O)[C@H](Cc1ccccc1)N(Cc1ccc(Cl)cc1Cl)C(=O)CN(c1ccc(C)cc1C)S(C)(=O)=O. The third-order valence-electron chi connectivity index (χ3n) is 6.76. The molecule has 0 aromatic heterocycles. The van der Waals surface area contributed by atoms with Crippen molar-refractivity contribution in [3.63, 3.8) is 0 Å². The van der Waals surface area contributed by atoms with Crippen LogP contribution in [0.1, 0.15) is 42.0 Å². The summed E-state index contributed by atoms with van der Waals surface area (Å²) in [7, 11) is -3.85. The first-order valence-corrected chi connectivity index (χ1v) is 16.1. The van der Waals surface area contributed by atoms with Gasteiger partial charge in [0.1, 0.15) is 12.6 Å². The fraction of sp³-hybridized carbons (Fsp3) is 0.355. The number of sulfonamides is 1. The number of halogens is 2. The van der Waals surface area contributed by atoms with Crippen molar-refractivity contribution in [2.75, 3.05) is 23.7 Å². The molecule has 220 valence electrons. The molecule has 41 heavy (non-hydrogen) atoms. The van der Waals surface area contributed by atoms with Crippen molar-refractivity contribution in [3.05, 3.63) is 99.0 Å². The number of unbranched alkanes of at least 4 members (excludes halogenated alkanes) is 1. The van der Waals surface area contributed by atoms with Crippen LogP contribution in [-0.4, -0.2) is 50.5 Å². The maximum Gasteiger partial charge on any atom is 0.244 e. The molecule has 0 aliphatic carbocycles. The van der Waals surface area contributed by atoms with E-state index in [2.05, 4.69) is 5.32 Å². The van der Waals surface area contributed by atoms with Gasteiger partial charge < -0.3 is 10.2 Å². The Morgan fingerprint density at radius 3 is 2.29 bits per heavy atom. The fourth-order valence-corrected chi connectivity index (χ4v) is 5.95. The fourth-order valence-electron chi connectivity index (χ4n) is 4.57. The van der Waals surface area contributed by atoms with Crippen LogP contribution in [0.5, 0.6) is 0 Å². The van der Waals surface area contributed by atoms with Crippen molar-refractivity contribution in [2.45, 2.75) is 52.6 Å². The van der Waals surface area contributed by atoms with Gasteiger partial charge in [0.15, 0.2) is 0 Å². The van der Waals surface area contributed by atoms with Gasteiger partial charge in [-0.2, -0.15) is 0 Å². The summed E-state index contributed by atoms with van der Waals surface area (Å²) < 4.78 is 27.1. The van der Waals surface area contributed by atoms with Crippen LogP contribution in [0.2, 0.25) is 10.0 Å². The van der Waals surface area contributed by atoms with E-state index < -0.39 is 28.5 Å². The zero-order valence-corrected chi connectivity index (χ0v) is 26.2. The Bertz CT molecular complexity index is 1470. The summed E-state index contributed by atoms with van der Waals surface area (Å²) in [4.78, 5) is 29.2. The largest absolute Gasteiger partial charge is 0.354 e. The van der Waals surface area contributed by atoms with Crippen LogP contribution in [0, 0.1) is 13.8 Å². The van der Waals surface area contributed by atoms with Gasteiger partial charge in [-0.3, -0.25) is 13.9 Å². The first-order valence-electron chi connectivity index (χ1n) is 13.5. The molecule has 0 radical (unpaired) electrons. The Morgan fingerprint density at radius 1 is 0.976 bits per heavy atom. The Hall–Kier alpha value is -3.07. The normalized spacial score (nSPS) is 12.0. The van der Waals surface area contributed by atoms with Gasteiger partial charge in [0.25, 0.3) is 0 Å². The van der Waals surface area contributed by atoms with Crippen LogP contribution in [0.15, 0.2) is 66.7 Å². The molecule has 1 atom stereocenters. The number of carbonyl (C=O) groups is 2. The molecule has 3 aromatic carbocycles. The lowest BCUT2D eigenvalue weighted by Gasteiger charge is -2.34. The second kappa shape index (κ2) is 14.7. The van der Waals surface area contributed by atoms with Crippen molar-refractivity contribution >= 4 is 50.7 Å². The van der Waals surface area contributed by atoms with Gasteiger partial charge in [-0.1, -0.05) is 90.6 Å². The molecule has 7 nitrogen and oxygen atoms in total. The zero-order valence-electron chi connectivity index (χ0n) is 23.9. The van der Waals surface area contributed by atoms with Crippen molar-refractivity contribution < 1.29 is 18.0 Å². The Balaban J connectivity index is 2.08. The van der Waals surface area contributed by atoms with Gasteiger partial charge in [0.05, 0.1) is 11.9 Å². The average molecular weight is 619 g/mol. The van der Waals surface area contributed by atoms with Gasteiger partial charge in [-0.15, -0.1) is 0 Å². The molecule has 0 aliphatic rings. The lowest BCUT2D eigenvalue weighted by atomic mass is 10.0. The number of benzene rings is 3. The molecule has 3 aromatic rings. The highest BCUT2D eigenvalue weighted by atomic mass is 35.5. The van der Waals surface area contributed by atoms with Crippen molar-refractivity contribution in [1.82, 2.24) is 10.2 Å². The molecule has 10 heteroatoms. The summed E-state index contributed by atoms with van der Waals surface area (Å²) in [5.41, 5.74) is 3.53. The average Bonchev–Trinajstić information content (AvgIpc) is 2.90. The van der Waals surface area contributed by atoms with E-state index >= 15 is 0 Å². The standard InChI is InChI=1S/C31H37Cl2N3O4S/c1-5-6-16-34-31(38)29(18-24-10-8-7-9-11-24)35(20-25-13-14-26(32)19-27(25)33)30(37)21-36(41(4,39)40)28-15-12-22(2)17-23(28)3/h7-15,17,19,29H,5-6,16,18,20-21H2,1-4H3,(H,34,38)/t29-/m0/s1. The number of hydrogen-bond donors (Lipinski definition) is 1. The first kappa shape index (κ1) is 32.4. The van der Waals surface area contributed by atoms with E-state index in [9.17, 15) is 18.0 Å². The zero-order chi connectivity index (χ0) is 30.2. The van der Waals surface area contributed by atoms with Crippen LogP contribution in [0.3, 0.4) is 0 Å². The predicted molar refractivity (Wildman–Crippen MR) is 167 cm³/mol. The monoisotopic (exact) mass is 617 g/mol. The minimum Gasteiger partial charge on any atom is -0.354 e. The highest BCUT2D eigenvalue weighted by Gasteiger charge is 2.33.